The molecule has 1 unspecified atom stereocenters. The molecule has 28 heavy (non-hydrogen) atoms. The van der Waals surface area contributed by atoms with Crippen LogP contribution >= 0.6 is 0 Å². The van der Waals surface area contributed by atoms with Crippen LogP contribution in [0.15, 0.2) is 42.5 Å². The Morgan fingerprint density at radius 2 is 1.68 bits per heavy atom. The highest BCUT2D eigenvalue weighted by Crippen LogP contribution is 2.15. The summed E-state index contributed by atoms with van der Waals surface area (Å²) in [5, 5.41) is 5.69. The summed E-state index contributed by atoms with van der Waals surface area (Å²) in [5.74, 6) is -0.897. The van der Waals surface area contributed by atoms with E-state index in [9.17, 15) is 14.4 Å². The first-order valence-electron chi connectivity index (χ1n) is 9.07. The van der Waals surface area contributed by atoms with Crippen molar-refractivity contribution in [2.45, 2.75) is 26.8 Å². The van der Waals surface area contributed by atoms with Crippen molar-refractivity contribution in [3.8, 4) is 0 Å². The molecule has 0 fully saturated rings. The average molecular weight is 383 g/mol. The van der Waals surface area contributed by atoms with Gasteiger partial charge in [-0.2, -0.15) is 0 Å². The van der Waals surface area contributed by atoms with Crippen molar-refractivity contribution in [3.63, 3.8) is 0 Å². The smallest absolute Gasteiger partial charge is 0.282 e. The minimum atomic E-state index is -0.523. The standard InChI is InChI=1S/C21H26N4O3/c1-13-5-6-14(2)18(11-13)24-19(26)12-25(4)15(3)21(28)23-17-9-7-16(8-10-17)20(22)27/h5-11,15H,12H2,1-4H3,(H2,22,27)(H,23,28)(H,24,26)/p+1/t15-/m0/s1. The molecule has 0 radical (unpaired) electrons. The first kappa shape index (κ1) is 21.1. The first-order chi connectivity index (χ1) is 13.2. The number of benzene rings is 2. The van der Waals surface area contributed by atoms with E-state index in [-0.39, 0.29) is 18.4 Å². The summed E-state index contributed by atoms with van der Waals surface area (Å²) < 4.78 is 0. The van der Waals surface area contributed by atoms with Crippen LogP contribution in [0, 0.1) is 13.8 Å². The minimum absolute atomic E-state index is 0.155. The number of hydrogen-bond donors (Lipinski definition) is 4. The highest BCUT2D eigenvalue weighted by molar-refractivity contribution is 5.96. The van der Waals surface area contributed by atoms with Crippen molar-refractivity contribution in [2.75, 3.05) is 24.2 Å². The Morgan fingerprint density at radius 3 is 2.29 bits per heavy atom. The highest BCUT2D eigenvalue weighted by Gasteiger charge is 2.24. The summed E-state index contributed by atoms with van der Waals surface area (Å²) in [6.45, 7) is 5.82. The Morgan fingerprint density at radius 1 is 1.04 bits per heavy atom. The van der Waals surface area contributed by atoms with Gasteiger partial charge in [-0.3, -0.25) is 14.4 Å². The van der Waals surface area contributed by atoms with Crippen LogP contribution in [0.25, 0.3) is 0 Å². The van der Waals surface area contributed by atoms with Crippen molar-refractivity contribution < 1.29 is 19.3 Å². The van der Waals surface area contributed by atoms with E-state index < -0.39 is 11.9 Å². The molecule has 2 aromatic rings. The van der Waals surface area contributed by atoms with E-state index in [4.69, 9.17) is 5.73 Å². The Labute approximate surface area is 164 Å². The van der Waals surface area contributed by atoms with Gasteiger partial charge in [-0.1, -0.05) is 12.1 Å². The van der Waals surface area contributed by atoms with Gasteiger partial charge in [0.2, 0.25) is 5.91 Å². The molecule has 3 amide bonds. The Balaban J connectivity index is 1.92. The fourth-order valence-corrected chi connectivity index (χ4v) is 2.66. The highest BCUT2D eigenvalue weighted by atomic mass is 16.2. The van der Waals surface area contributed by atoms with E-state index in [0.717, 1.165) is 21.7 Å². The molecule has 7 nitrogen and oxygen atoms in total. The molecule has 0 heterocycles. The lowest BCUT2D eigenvalue weighted by Gasteiger charge is -2.21. The number of nitrogens with two attached hydrogens (primary N) is 1. The lowest BCUT2D eigenvalue weighted by molar-refractivity contribution is -0.885. The third-order valence-electron chi connectivity index (χ3n) is 4.68. The number of rotatable bonds is 7. The molecular formula is C21H27N4O3+. The quantitative estimate of drug-likeness (QED) is 0.570. The second kappa shape index (κ2) is 9.14. The third-order valence-corrected chi connectivity index (χ3v) is 4.68. The van der Waals surface area contributed by atoms with Crippen molar-refractivity contribution in [3.05, 3.63) is 59.2 Å². The zero-order valence-electron chi connectivity index (χ0n) is 16.6. The second-order valence-electron chi connectivity index (χ2n) is 7.04. The Kier molecular flexibility index (Phi) is 6.89. The topological polar surface area (TPSA) is 106 Å². The van der Waals surface area contributed by atoms with Crippen molar-refractivity contribution in [1.29, 1.82) is 0 Å². The van der Waals surface area contributed by atoms with Gasteiger partial charge in [-0.25, -0.2) is 0 Å². The van der Waals surface area contributed by atoms with Gasteiger partial charge in [-0.15, -0.1) is 0 Å². The Bertz CT molecular complexity index is 878. The lowest BCUT2D eigenvalue weighted by atomic mass is 10.1. The van der Waals surface area contributed by atoms with E-state index in [1.165, 1.54) is 0 Å². The summed E-state index contributed by atoms with van der Waals surface area (Å²) in [7, 11) is 1.79. The zero-order chi connectivity index (χ0) is 20.8. The summed E-state index contributed by atoms with van der Waals surface area (Å²) in [4.78, 5) is 36.7. The number of aryl methyl sites for hydroxylation is 2. The molecule has 0 bridgehead atoms. The molecule has 0 aromatic heterocycles. The molecule has 7 heteroatoms. The van der Waals surface area contributed by atoms with E-state index in [2.05, 4.69) is 10.6 Å². The number of primary amides is 1. The molecule has 0 aliphatic heterocycles. The number of carbonyl (C=O) groups is 3. The van der Waals surface area contributed by atoms with Gasteiger partial charge in [-0.05, 0) is 62.2 Å². The van der Waals surface area contributed by atoms with Crippen LogP contribution in [0.3, 0.4) is 0 Å². The molecule has 148 valence electrons. The molecule has 0 saturated heterocycles. The van der Waals surface area contributed by atoms with Crippen molar-refractivity contribution >= 4 is 29.1 Å². The maximum absolute atomic E-state index is 12.5. The third kappa shape index (κ3) is 5.65. The van der Waals surface area contributed by atoms with Gasteiger partial charge in [0.15, 0.2) is 12.6 Å². The molecule has 0 aliphatic carbocycles. The van der Waals surface area contributed by atoms with Gasteiger partial charge < -0.3 is 21.3 Å². The van der Waals surface area contributed by atoms with Gasteiger partial charge in [0, 0.05) is 16.9 Å². The molecule has 0 aliphatic rings. The number of likely N-dealkylation sites (N-methyl/N-ethyl adjacent to an activating group) is 1. The zero-order valence-corrected chi connectivity index (χ0v) is 16.6. The van der Waals surface area contributed by atoms with Gasteiger partial charge >= 0.3 is 0 Å². The summed E-state index contributed by atoms with van der Waals surface area (Å²) in [6, 6.07) is 11.8. The fraction of sp³-hybridized carbons (Fsp3) is 0.286. The number of quaternary nitrogens is 1. The molecule has 2 aromatic carbocycles. The normalized spacial score (nSPS) is 12.7. The van der Waals surface area contributed by atoms with E-state index in [1.54, 1.807) is 38.2 Å². The van der Waals surface area contributed by atoms with Crippen LogP contribution in [0.5, 0.6) is 0 Å². The van der Waals surface area contributed by atoms with Gasteiger partial charge in [0.05, 0.1) is 7.05 Å². The average Bonchev–Trinajstić information content (AvgIpc) is 2.64. The maximum atomic E-state index is 12.5. The molecule has 0 spiro atoms. The number of carbonyl (C=O) groups excluding carboxylic acids is 3. The molecule has 2 atom stereocenters. The lowest BCUT2D eigenvalue weighted by Crippen LogP contribution is -3.14. The molecule has 2 rings (SSSR count). The summed E-state index contributed by atoms with van der Waals surface area (Å²) >= 11 is 0. The number of amides is 3. The van der Waals surface area contributed by atoms with Gasteiger partial charge in [0.25, 0.3) is 11.8 Å². The number of hydrogen-bond acceptors (Lipinski definition) is 3. The van der Waals surface area contributed by atoms with Crippen LogP contribution in [0.1, 0.15) is 28.4 Å². The van der Waals surface area contributed by atoms with Crippen molar-refractivity contribution in [2.24, 2.45) is 5.73 Å². The van der Waals surface area contributed by atoms with E-state index >= 15 is 0 Å². The second-order valence-corrected chi connectivity index (χ2v) is 7.04. The minimum Gasteiger partial charge on any atom is -0.366 e. The van der Waals surface area contributed by atoms with Crippen LogP contribution in [0.4, 0.5) is 11.4 Å². The monoisotopic (exact) mass is 383 g/mol. The largest absolute Gasteiger partial charge is 0.366 e. The summed E-state index contributed by atoms with van der Waals surface area (Å²) in [5.41, 5.74) is 8.98. The Hall–Kier alpha value is -3.19. The predicted molar refractivity (Wildman–Crippen MR) is 109 cm³/mol. The van der Waals surface area contributed by atoms with Crippen LogP contribution in [-0.4, -0.2) is 37.4 Å². The maximum Gasteiger partial charge on any atom is 0.282 e. The number of anilines is 2. The van der Waals surface area contributed by atoms with Crippen LogP contribution in [0.2, 0.25) is 0 Å². The van der Waals surface area contributed by atoms with Crippen LogP contribution < -0.4 is 21.3 Å². The summed E-state index contributed by atoms with van der Waals surface area (Å²) in [6.07, 6.45) is 0. The molecule has 0 saturated carbocycles. The fourth-order valence-electron chi connectivity index (χ4n) is 2.66. The van der Waals surface area contributed by atoms with Crippen molar-refractivity contribution in [1.82, 2.24) is 0 Å². The first-order valence-corrected chi connectivity index (χ1v) is 9.07. The van der Waals surface area contributed by atoms with E-state index in [1.807, 2.05) is 32.0 Å². The molecular weight excluding hydrogens is 356 g/mol. The predicted octanol–water partition coefficient (Wildman–Crippen LogP) is 0.883. The SMILES string of the molecule is Cc1ccc(C)c(NC(=O)C[NH+](C)[C@@H](C)C(=O)Nc2ccc(C(N)=O)cc2)c1. The van der Waals surface area contributed by atoms with Crippen LogP contribution in [-0.2, 0) is 9.59 Å². The molecule has 5 N–H and O–H groups in total. The van der Waals surface area contributed by atoms with E-state index in [0.29, 0.717) is 11.3 Å². The van der Waals surface area contributed by atoms with Gasteiger partial charge in [0.1, 0.15) is 0 Å². The number of nitrogens with one attached hydrogen (secondary N) is 3.